The normalized spacial score (nSPS) is 29.0. The van der Waals surface area contributed by atoms with E-state index in [1.165, 1.54) is 48.0 Å². The van der Waals surface area contributed by atoms with E-state index in [2.05, 4.69) is 57.1 Å². The molecule has 2 atom stereocenters. The zero-order chi connectivity index (χ0) is 11.7. The molecule has 1 N–H and O–H groups in total. The van der Waals surface area contributed by atoms with Gasteiger partial charge in [-0.1, -0.05) is 6.07 Å². The SMILES string of the molecule is Ic1cccc(NC2CCN3CCCC3C2)c1. The van der Waals surface area contributed by atoms with Crippen LogP contribution in [0.4, 0.5) is 5.69 Å². The van der Waals surface area contributed by atoms with Crippen LogP contribution in [0, 0.1) is 3.57 Å². The molecule has 2 aliphatic rings. The zero-order valence-electron chi connectivity index (χ0n) is 10.0. The van der Waals surface area contributed by atoms with Crippen molar-refractivity contribution < 1.29 is 0 Å². The summed E-state index contributed by atoms with van der Waals surface area (Å²) in [5.41, 5.74) is 1.29. The van der Waals surface area contributed by atoms with Crippen LogP contribution in [0.5, 0.6) is 0 Å². The second kappa shape index (κ2) is 5.14. The Bertz CT molecular complexity index is 394. The van der Waals surface area contributed by atoms with Crippen molar-refractivity contribution in [3.05, 3.63) is 27.8 Å². The second-order valence-corrected chi connectivity index (χ2v) is 6.45. The molecule has 3 heteroatoms. The minimum Gasteiger partial charge on any atom is -0.382 e. The van der Waals surface area contributed by atoms with Crippen LogP contribution in [-0.4, -0.2) is 30.1 Å². The number of hydrogen-bond acceptors (Lipinski definition) is 2. The van der Waals surface area contributed by atoms with Gasteiger partial charge in [0.2, 0.25) is 0 Å². The number of nitrogens with zero attached hydrogens (tertiary/aromatic N) is 1. The van der Waals surface area contributed by atoms with E-state index >= 15 is 0 Å². The van der Waals surface area contributed by atoms with Gasteiger partial charge >= 0.3 is 0 Å². The van der Waals surface area contributed by atoms with Gasteiger partial charge in [0.1, 0.15) is 0 Å². The summed E-state index contributed by atoms with van der Waals surface area (Å²) in [5, 5.41) is 3.70. The molecule has 0 aromatic heterocycles. The molecule has 1 aromatic carbocycles. The van der Waals surface area contributed by atoms with Crippen LogP contribution in [0.2, 0.25) is 0 Å². The Morgan fingerprint density at radius 2 is 2.18 bits per heavy atom. The average Bonchev–Trinajstić information content (AvgIpc) is 2.76. The molecule has 0 aliphatic carbocycles. The number of anilines is 1. The number of rotatable bonds is 2. The lowest BCUT2D eigenvalue weighted by Crippen LogP contribution is -2.42. The van der Waals surface area contributed by atoms with Gasteiger partial charge < -0.3 is 10.2 Å². The Morgan fingerprint density at radius 1 is 1.24 bits per heavy atom. The lowest BCUT2D eigenvalue weighted by molar-refractivity contribution is 0.188. The van der Waals surface area contributed by atoms with Gasteiger partial charge in [0.05, 0.1) is 0 Å². The Hall–Kier alpha value is -0.290. The van der Waals surface area contributed by atoms with Crippen molar-refractivity contribution in [1.82, 2.24) is 4.90 Å². The molecule has 0 spiro atoms. The predicted octanol–water partition coefficient (Wildman–Crippen LogP) is 3.33. The van der Waals surface area contributed by atoms with Crippen LogP contribution >= 0.6 is 22.6 Å². The number of piperidine rings is 1. The highest BCUT2D eigenvalue weighted by Gasteiger charge is 2.31. The number of fused-ring (bicyclic) bond motifs is 1. The van der Waals surface area contributed by atoms with Gasteiger partial charge in [-0.2, -0.15) is 0 Å². The standard InChI is InChI=1S/C14H19IN2/c15-11-3-1-4-12(9-11)16-13-6-8-17-7-2-5-14(17)10-13/h1,3-4,9,13-14,16H,2,5-8,10H2. The van der Waals surface area contributed by atoms with Crippen molar-refractivity contribution in [1.29, 1.82) is 0 Å². The fraction of sp³-hybridized carbons (Fsp3) is 0.571. The summed E-state index contributed by atoms with van der Waals surface area (Å²) in [5.74, 6) is 0. The highest BCUT2D eigenvalue weighted by Crippen LogP contribution is 2.28. The molecular formula is C14H19IN2. The molecule has 2 fully saturated rings. The van der Waals surface area contributed by atoms with Crippen LogP contribution < -0.4 is 5.32 Å². The highest BCUT2D eigenvalue weighted by molar-refractivity contribution is 14.1. The monoisotopic (exact) mass is 342 g/mol. The van der Waals surface area contributed by atoms with E-state index in [0.29, 0.717) is 6.04 Å². The minimum absolute atomic E-state index is 0.674. The molecule has 2 nitrogen and oxygen atoms in total. The largest absolute Gasteiger partial charge is 0.382 e. The van der Waals surface area contributed by atoms with Crippen molar-refractivity contribution in [2.75, 3.05) is 18.4 Å². The summed E-state index contributed by atoms with van der Waals surface area (Å²) < 4.78 is 1.31. The molecule has 17 heavy (non-hydrogen) atoms. The molecule has 2 unspecified atom stereocenters. The zero-order valence-corrected chi connectivity index (χ0v) is 12.2. The lowest BCUT2D eigenvalue weighted by Gasteiger charge is -2.35. The second-order valence-electron chi connectivity index (χ2n) is 5.21. The van der Waals surface area contributed by atoms with E-state index in [-0.39, 0.29) is 0 Å². The molecular weight excluding hydrogens is 323 g/mol. The van der Waals surface area contributed by atoms with E-state index < -0.39 is 0 Å². The van der Waals surface area contributed by atoms with E-state index in [1.807, 2.05) is 0 Å². The van der Waals surface area contributed by atoms with Crippen molar-refractivity contribution in [2.24, 2.45) is 0 Å². The summed E-state index contributed by atoms with van der Waals surface area (Å²) in [6.07, 6.45) is 5.43. The summed E-state index contributed by atoms with van der Waals surface area (Å²) in [7, 11) is 0. The Morgan fingerprint density at radius 3 is 3.06 bits per heavy atom. The first-order valence-electron chi connectivity index (χ1n) is 6.57. The van der Waals surface area contributed by atoms with Gasteiger partial charge in [-0.15, -0.1) is 0 Å². The average molecular weight is 342 g/mol. The maximum absolute atomic E-state index is 3.70. The van der Waals surface area contributed by atoms with Gasteiger partial charge in [-0.05, 0) is 73.0 Å². The predicted molar refractivity (Wildman–Crippen MR) is 80.4 cm³/mol. The van der Waals surface area contributed by atoms with Gasteiger partial charge in [-0.25, -0.2) is 0 Å². The number of halogens is 1. The minimum atomic E-state index is 0.674. The third-order valence-corrected chi connectivity index (χ3v) is 4.69. The first-order valence-corrected chi connectivity index (χ1v) is 7.65. The summed E-state index contributed by atoms with van der Waals surface area (Å²) in [6, 6.07) is 10.2. The molecule has 92 valence electrons. The van der Waals surface area contributed by atoms with Crippen molar-refractivity contribution in [3.63, 3.8) is 0 Å². The summed E-state index contributed by atoms with van der Waals surface area (Å²) >= 11 is 2.38. The highest BCUT2D eigenvalue weighted by atomic mass is 127. The van der Waals surface area contributed by atoms with Gasteiger partial charge in [-0.3, -0.25) is 0 Å². The molecule has 0 radical (unpaired) electrons. The van der Waals surface area contributed by atoms with Crippen LogP contribution in [0.1, 0.15) is 25.7 Å². The molecule has 2 aliphatic heterocycles. The lowest BCUT2D eigenvalue weighted by atomic mass is 9.97. The van der Waals surface area contributed by atoms with E-state index in [4.69, 9.17) is 0 Å². The van der Waals surface area contributed by atoms with Gasteiger partial charge in [0.25, 0.3) is 0 Å². The quantitative estimate of drug-likeness (QED) is 0.830. The number of hydrogen-bond donors (Lipinski definition) is 1. The van der Waals surface area contributed by atoms with Crippen LogP contribution in [-0.2, 0) is 0 Å². The fourth-order valence-corrected chi connectivity index (χ4v) is 3.71. The Balaban J connectivity index is 1.62. The maximum atomic E-state index is 3.70. The topological polar surface area (TPSA) is 15.3 Å². The molecule has 2 saturated heterocycles. The molecule has 2 heterocycles. The van der Waals surface area contributed by atoms with Crippen LogP contribution in [0.15, 0.2) is 24.3 Å². The van der Waals surface area contributed by atoms with Crippen molar-refractivity contribution in [2.45, 2.75) is 37.8 Å². The Kier molecular flexibility index (Phi) is 3.56. The molecule has 1 aromatic rings. The van der Waals surface area contributed by atoms with E-state index in [9.17, 15) is 0 Å². The van der Waals surface area contributed by atoms with E-state index in [1.54, 1.807) is 0 Å². The summed E-state index contributed by atoms with van der Waals surface area (Å²) in [4.78, 5) is 2.67. The Labute approximate surface area is 117 Å². The molecule has 3 rings (SSSR count). The van der Waals surface area contributed by atoms with Gasteiger partial charge in [0, 0.05) is 27.9 Å². The number of nitrogens with one attached hydrogen (secondary N) is 1. The van der Waals surface area contributed by atoms with Crippen molar-refractivity contribution in [3.8, 4) is 0 Å². The summed E-state index contributed by atoms with van der Waals surface area (Å²) in [6.45, 7) is 2.62. The third kappa shape index (κ3) is 2.76. The molecule has 0 saturated carbocycles. The van der Waals surface area contributed by atoms with Crippen molar-refractivity contribution >= 4 is 28.3 Å². The first kappa shape index (κ1) is 11.8. The first-order chi connectivity index (χ1) is 8.31. The van der Waals surface area contributed by atoms with Crippen LogP contribution in [0.25, 0.3) is 0 Å². The van der Waals surface area contributed by atoms with Gasteiger partial charge in [0.15, 0.2) is 0 Å². The van der Waals surface area contributed by atoms with E-state index in [0.717, 1.165) is 6.04 Å². The maximum Gasteiger partial charge on any atom is 0.0352 e. The molecule has 0 bridgehead atoms. The number of benzene rings is 1. The smallest absolute Gasteiger partial charge is 0.0352 e. The third-order valence-electron chi connectivity index (χ3n) is 4.02. The molecule has 0 amide bonds. The fourth-order valence-electron chi connectivity index (χ4n) is 3.17. The van der Waals surface area contributed by atoms with Crippen LogP contribution in [0.3, 0.4) is 0 Å².